The van der Waals surface area contributed by atoms with E-state index in [4.69, 9.17) is 4.42 Å². The fraction of sp³-hybridized carbons (Fsp3) is 0.733. The van der Waals surface area contributed by atoms with Crippen molar-refractivity contribution < 1.29 is 12.8 Å². The van der Waals surface area contributed by atoms with Crippen LogP contribution in [0.4, 0.5) is 0 Å². The van der Waals surface area contributed by atoms with Gasteiger partial charge in [-0.25, -0.2) is 13.1 Å². The molecule has 1 aromatic rings. The Balaban J connectivity index is 1.56. The minimum atomic E-state index is -3.52. The minimum absolute atomic E-state index is 0.0300. The van der Waals surface area contributed by atoms with Crippen LogP contribution in [0.3, 0.4) is 0 Å². The Kier molecular flexibility index (Phi) is 4.12. The molecule has 0 saturated heterocycles. The van der Waals surface area contributed by atoms with Crippen molar-refractivity contribution in [1.82, 2.24) is 10.0 Å². The second-order valence-electron chi connectivity index (χ2n) is 6.45. The Labute approximate surface area is 126 Å². The third-order valence-corrected chi connectivity index (χ3v) is 5.69. The summed E-state index contributed by atoms with van der Waals surface area (Å²) in [6.07, 6.45) is 6.83. The zero-order chi connectivity index (χ0) is 14.9. The van der Waals surface area contributed by atoms with E-state index in [2.05, 4.69) is 17.0 Å². The van der Waals surface area contributed by atoms with Crippen molar-refractivity contribution in [2.75, 3.05) is 6.54 Å². The summed E-state index contributed by atoms with van der Waals surface area (Å²) in [5, 5.41) is 3.34. The molecule has 0 atom stereocenters. The summed E-state index contributed by atoms with van der Waals surface area (Å²) in [6, 6.07) is 3.87. The molecule has 1 aromatic heterocycles. The molecule has 0 aliphatic heterocycles. The summed E-state index contributed by atoms with van der Waals surface area (Å²) in [5.74, 6) is 0.678. The molecule has 0 unspecified atom stereocenters. The lowest BCUT2D eigenvalue weighted by Gasteiger charge is -2.14. The second kappa shape index (κ2) is 5.74. The second-order valence-corrected chi connectivity index (χ2v) is 8.15. The van der Waals surface area contributed by atoms with E-state index in [1.807, 2.05) is 0 Å². The van der Waals surface area contributed by atoms with Crippen molar-refractivity contribution in [3.63, 3.8) is 0 Å². The van der Waals surface area contributed by atoms with E-state index < -0.39 is 10.0 Å². The van der Waals surface area contributed by atoms with E-state index in [0.29, 0.717) is 24.9 Å². The highest BCUT2D eigenvalue weighted by molar-refractivity contribution is 7.89. The van der Waals surface area contributed by atoms with Gasteiger partial charge < -0.3 is 9.73 Å². The van der Waals surface area contributed by atoms with Gasteiger partial charge in [-0.1, -0.05) is 13.3 Å². The van der Waals surface area contributed by atoms with Gasteiger partial charge in [0.15, 0.2) is 0 Å². The third kappa shape index (κ3) is 3.87. The zero-order valence-electron chi connectivity index (χ0n) is 12.5. The molecule has 3 rings (SSSR count). The topological polar surface area (TPSA) is 71.3 Å². The zero-order valence-corrected chi connectivity index (χ0v) is 13.3. The van der Waals surface area contributed by atoms with Crippen molar-refractivity contribution in [3.05, 3.63) is 17.9 Å². The third-order valence-electron chi connectivity index (χ3n) is 4.42. The van der Waals surface area contributed by atoms with Gasteiger partial charge in [0.1, 0.15) is 5.76 Å². The summed E-state index contributed by atoms with van der Waals surface area (Å²) in [5.41, 5.74) is 0.199. The minimum Gasteiger partial charge on any atom is -0.447 e. The Morgan fingerprint density at radius 3 is 2.71 bits per heavy atom. The molecule has 2 aliphatic carbocycles. The molecule has 0 bridgehead atoms. The van der Waals surface area contributed by atoms with Gasteiger partial charge in [0.05, 0.1) is 6.54 Å². The molecule has 2 aliphatic rings. The SMILES string of the molecule is CCCC1(CNS(=O)(=O)c2ccc(CNC3CC3)o2)CC1. The lowest BCUT2D eigenvalue weighted by molar-refractivity contribution is 0.394. The smallest absolute Gasteiger partial charge is 0.273 e. The van der Waals surface area contributed by atoms with Gasteiger partial charge in [0.25, 0.3) is 10.0 Å². The molecular formula is C15H24N2O3S. The van der Waals surface area contributed by atoms with Crippen molar-refractivity contribution in [3.8, 4) is 0 Å². The fourth-order valence-electron chi connectivity index (χ4n) is 2.67. The van der Waals surface area contributed by atoms with Crippen LogP contribution >= 0.6 is 0 Å². The van der Waals surface area contributed by atoms with Crippen LogP contribution in [-0.4, -0.2) is 21.0 Å². The van der Waals surface area contributed by atoms with E-state index in [1.54, 1.807) is 12.1 Å². The van der Waals surface area contributed by atoms with Gasteiger partial charge in [0.2, 0.25) is 5.09 Å². The Bertz CT molecular complexity index is 586. The van der Waals surface area contributed by atoms with Crippen LogP contribution in [0.2, 0.25) is 0 Å². The lowest BCUT2D eigenvalue weighted by atomic mass is 10.0. The number of hydrogen-bond donors (Lipinski definition) is 2. The molecule has 2 N–H and O–H groups in total. The fourth-order valence-corrected chi connectivity index (χ4v) is 3.77. The van der Waals surface area contributed by atoms with Crippen molar-refractivity contribution in [1.29, 1.82) is 0 Å². The van der Waals surface area contributed by atoms with Crippen LogP contribution < -0.4 is 10.0 Å². The monoisotopic (exact) mass is 312 g/mol. The first-order valence-corrected chi connectivity index (χ1v) is 9.33. The maximum absolute atomic E-state index is 12.2. The van der Waals surface area contributed by atoms with Gasteiger partial charge in [-0.3, -0.25) is 0 Å². The predicted octanol–water partition coefficient (Wildman–Crippen LogP) is 2.39. The van der Waals surface area contributed by atoms with Gasteiger partial charge >= 0.3 is 0 Å². The normalized spacial score (nSPS) is 20.6. The lowest BCUT2D eigenvalue weighted by Crippen LogP contribution is -2.30. The predicted molar refractivity (Wildman–Crippen MR) is 80.3 cm³/mol. The van der Waals surface area contributed by atoms with E-state index in [1.165, 1.54) is 12.8 Å². The highest BCUT2D eigenvalue weighted by Crippen LogP contribution is 2.49. The first-order chi connectivity index (χ1) is 10.0. The highest BCUT2D eigenvalue weighted by Gasteiger charge is 2.42. The number of furan rings is 1. The van der Waals surface area contributed by atoms with Gasteiger partial charge in [-0.2, -0.15) is 0 Å². The van der Waals surface area contributed by atoms with Crippen LogP contribution in [0.15, 0.2) is 21.6 Å². The van der Waals surface area contributed by atoms with E-state index >= 15 is 0 Å². The molecule has 2 fully saturated rings. The van der Waals surface area contributed by atoms with Crippen LogP contribution in [0, 0.1) is 5.41 Å². The molecule has 1 heterocycles. The molecule has 21 heavy (non-hydrogen) atoms. The number of hydrogen-bond acceptors (Lipinski definition) is 4. The molecule has 0 amide bonds. The molecule has 0 aromatic carbocycles. The summed E-state index contributed by atoms with van der Waals surface area (Å²) in [7, 11) is -3.52. The molecule has 6 heteroatoms. The molecule has 0 spiro atoms. The van der Waals surface area contributed by atoms with Crippen LogP contribution in [0.5, 0.6) is 0 Å². The van der Waals surface area contributed by atoms with Gasteiger partial charge in [-0.05, 0) is 49.7 Å². The van der Waals surface area contributed by atoms with Crippen molar-refractivity contribution >= 4 is 10.0 Å². The van der Waals surface area contributed by atoms with E-state index in [9.17, 15) is 8.42 Å². The number of nitrogens with one attached hydrogen (secondary N) is 2. The summed E-state index contributed by atoms with van der Waals surface area (Å²) in [4.78, 5) is 0. The number of sulfonamides is 1. The molecule has 5 nitrogen and oxygen atoms in total. The van der Waals surface area contributed by atoms with Crippen molar-refractivity contribution in [2.24, 2.45) is 5.41 Å². The average Bonchev–Trinajstić information content (AvgIpc) is 3.37. The Morgan fingerprint density at radius 1 is 1.33 bits per heavy atom. The number of rotatable bonds is 9. The standard InChI is InChI=1S/C15H24N2O3S/c1-2-7-15(8-9-15)11-17-21(18,19)14-6-5-13(20-14)10-16-12-3-4-12/h5-6,12,16-17H,2-4,7-11H2,1H3. The van der Waals surface area contributed by atoms with Crippen LogP contribution in [0.1, 0.15) is 51.2 Å². The molecule has 2 saturated carbocycles. The Morgan fingerprint density at radius 2 is 2.10 bits per heavy atom. The summed E-state index contributed by atoms with van der Waals surface area (Å²) >= 11 is 0. The molecule has 118 valence electrons. The Hall–Kier alpha value is -0.850. The summed E-state index contributed by atoms with van der Waals surface area (Å²) in [6.45, 7) is 3.26. The summed E-state index contributed by atoms with van der Waals surface area (Å²) < 4.78 is 32.7. The van der Waals surface area contributed by atoms with Crippen LogP contribution in [-0.2, 0) is 16.6 Å². The average molecular weight is 312 g/mol. The van der Waals surface area contributed by atoms with Gasteiger partial charge in [0, 0.05) is 12.6 Å². The van der Waals surface area contributed by atoms with E-state index in [0.717, 1.165) is 25.7 Å². The maximum Gasteiger partial charge on any atom is 0.273 e. The van der Waals surface area contributed by atoms with Crippen LogP contribution in [0.25, 0.3) is 0 Å². The largest absolute Gasteiger partial charge is 0.447 e. The highest BCUT2D eigenvalue weighted by atomic mass is 32.2. The maximum atomic E-state index is 12.2. The van der Waals surface area contributed by atoms with Crippen molar-refractivity contribution in [2.45, 2.75) is 63.1 Å². The van der Waals surface area contributed by atoms with Gasteiger partial charge in [-0.15, -0.1) is 0 Å². The molecular weight excluding hydrogens is 288 g/mol. The van der Waals surface area contributed by atoms with E-state index in [-0.39, 0.29) is 10.5 Å². The first-order valence-electron chi connectivity index (χ1n) is 7.85. The molecule has 0 radical (unpaired) electrons. The quantitative estimate of drug-likeness (QED) is 0.734. The first kappa shape index (κ1) is 15.1.